The van der Waals surface area contributed by atoms with Crippen LogP contribution in [0, 0.1) is 5.82 Å². The molecule has 0 amide bonds. The van der Waals surface area contributed by atoms with Gasteiger partial charge in [-0.2, -0.15) is 0 Å². The summed E-state index contributed by atoms with van der Waals surface area (Å²) in [5, 5.41) is 5.12. The SMILES string of the molecule is NCc1c(-c2ccc(F)c(Cl)c2)[nH][nH]c1=O. The van der Waals surface area contributed by atoms with Crippen LogP contribution in [-0.4, -0.2) is 10.2 Å². The highest BCUT2D eigenvalue weighted by Gasteiger charge is 2.11. The van der Waals surface area contributed by atoms with Gasteiger partial charge in [0.15, 0.2) is 0 Å². The first kappa shape index (κ1) is 10.9. The Morgan fingerprint density at radius 2 is 2.12 bits per heavy atom. The summed E-state index contributed by atoms with van der Waals surface area (Å²) in [6.45, 7) is 0.100. The van der Waals surface area contributed by atoms with Crippen molar-refractivity contribution in [3.8, 4) is 11.3 Å². The van der Waals surface area contributed by atoms with E-state index in [0.717, 1.165) is 0 Å². The maximum absolute atomic E-state index is 13.0. The zero-order chi connectivity index (χ0) is 11.7. The summed E-state index contributed by atoms with van der Waals surface area (Å²) in [6, 6.07) is 4.21. The molecule has 0 spiro atoms. The molecule has 0 radical (unpaired) electrons. The molecule has 0 saturated heterocycles. The molecule has 0 bridgehead atoms. The number of hydrogen-bond donors (Lipinski definition) is 3. The molecule has 0 aliphatic carbocycles. The van der Waals surface area contributed by atoms with E-state index < -0.39 is 5.82 Å². The summed E-state index contributed by atoms with van der Waals surface area (Å²) in [7, 11) is 0. The molecule has 1 aromatic carbocycles. The van der Waals surface area contributed by atoms with Gasteiger partial charge in [0.1, 0.15) is 5.82 Å². The maximum atomic E-state index is 13.0. The van der Waals surface area contributed by atoms with Crippen LogP contribution in [0.5, 0.6) is 0 Å². The third-order valence-electron chi connectivity index (χ3n) is 2.29. The van der Waals surface area contributed by atoms with Crippen molar-refractivity contribution in [2.75, 3.05) is 0 Å². The van der Waals surface area contributed by atoms with E-state index in [4.69, 9.17) is 17.3 Å². The minimum Gasteiger partial charge on any atom is -0.326 e. The van der Waals surface area contributed by atoms with Gasteiger partial charge in [-0.15, -0.1) is 0 Å². The smallest absolute Gasteiger partial charge is 0.269 e. The number of aromatic nitrogens is 2. The summed E-state index contributed by atoms with van der Waals surface area (Å²) in [5.41, 5.74) is 6.75. The van der Waals surface area contributed by atoms with E-state index >= 15 is 0 Å². The standard InChI is InChI=1S/C10H9ClFN3O/c11-7-3-5(1-2-8(7)12)9-6(4-13)10(16)15-14-9/h1-3H,4,13H2,(H2,14,15,16). The molecule has 6 heteroatoms. The third-order valence-corrected chi connectivity index (χ3v) is 2.58. The first-order chi connectivity index (χ1) is 7.63. The highest BCUT2D eigenvalue weighted by atomic mass is 35.5. The molecule has 0 saturated carbocycles. The van der Waals surface area contributed by atoms with Crippen molar-refractivity contribution in [2.45, 2.75) is 6.54 Å². The van der Waals surface area contributed by atoms with Crippen LogP contribution < -0.4 is 11.3 Å². The lowest BCUT2D eigenvalue weighted by Crippen LogP contribution is -2.10. The molecule has 0 aliphatic rings. The summed E-state index contributed by atoms with van der Waals surface area (Å²) in [4.78, 5) is 11.3. The van der Waals surface area contributed by atoms with Crippen molar-refractivity contribution in [1.29, 1.82) is 0 Å². The van der Waals surface area contributed by atoms with Crippen LogP contribution in [0.15, 0.2) is 23.0 Å². The topological polar surface area (TPSA) is 74.7 Å². The van der Waals surface area contributed by atoms with Crippen LogP contribution in [-0.2, 0) is 6.54 Å². The monoisotopic (exact) mass is 241 g/mol. The Morgan fingerprint density at radius 3 is 2.75 bits per heavy atom. The van der Waals surface area contributed by atoms with Crippen molar-refractivity contribution in [1.82, 2.24) is 10.2 Å². The lowest BCUT2D eigenvalue weighted by atomic mass is 10.1. The van der Waals surface area contributed by atoms with Gasteiger partial charge in [-0.05, 0) is 18.2 Å². The third kappa shape index (κ3) is 1.75. The molecule has 0 fully saturated rings. The van der Waals surface area contributed by atoms with Gasteiger partial charge in [-0.1, -0.05) is 11.6 Å². The van der Waals surface area contributed by atoms with Gasteiger partial charge in [-0.3, -0.25) is 15.0 Å². The van der Waals surface area contributed by atoms with E-state index in [0.29, 0.717) is 16.8 Å². The van der Waals surface area contributed by atoms with E-state index in [2.05, 4.69) is 10.2 Å². The second-order valence-electron chi connectivity index (χ2n) is 3.27. The predicted octanol–water partition coefficient (Wildman–Crippen LogP) is 1.62. The van der Waals surface area contributed by atoms with Gasteiger partial charge >= 0.3 is 0 Å². The quantitative estimate of drug-likeness (QED) is 0.747. The van der Waals surface area contributed by atoms with E-state index in [1.807, 2.05) is 0 Å². The molecule has 84 valence electrons. The summed E-state index contributed by atoms with van der Waals surface area (Å²) in [5.74, 6) is -0.502. The second-order valence-corrected chi connectivity index (χ2v) is 3.67. The molecule has 2 aromatic rings. The van der Waals surface area contributed by atoms with Crippen LogP contribution in [0.1, 0.15) is 5.56 Å². The molecule has 0 aliphatic heterocycles. The Morgan fingerprint density at radius 1 is 1.38 bits per heavy atom. The molecule has 4 nitrogen and oxygen atoms in total. The minimum absolute atomic E-state index is 0.00233. The molecule has 1 heterocycles. The molecule has 0 unspecified atom stereocenters. The molecule has 4 N–H and O–H groups in total. The summed E-state index contributed by atoms with van der Waals surface area (Å²) in [6.07, 6.45) is 0. The lowest BCUT2D eigenvalue weighted by molar-refractivity contribution is 0.628. The van der Waals surface area contributed by atoms with E-state index in [1.54, 1.807) is 0 Å². The zero-order valence-electron chi connectivity index (χ0n) is 8.18. The van der Waals surface area contributed by atoms with Crippen molar-refractivity contribution in [2.24, 2.45) is 5.73 Å². The van der Waals surface area contributed by atoms with E-state index in [1.165, 1.54) is 18.2 Å². The number of hydrogen-bond acceptors (Lipinski definition) is 2. The van der Waals surface area contributed by atoms with Crippen molar-refractivity contribution in [3.05, 3.63) is 45.0 Å². The fourth-order valence-electron chi connectivity index (χ4n) is 1.48. The number of H-pyrrole nitrogens is 2. The summed E-state index contributed by atoms with van der Waals surface area (Å²) >= 11 is 5.66. The number of halogens is 2. The van der Waals surface area contributed by atoms with Crippen LogP contribution >= 0.6 is 11.6 Å². The molecule has 16 heavy (non-hydrogen) atoms. The zero-order valence-corrected chi connectivity index (χ0v) is 8.94. The van der Waals surface area contributed by atoms with Crippen LogP contribution in [0.2, 0.25) is 5.02 Å². The maximum Gasteiger partial charge on any atom is 0.269 e. The number of benzene rings is 1. The molecular weight excluding hydrogens is 233 g/mol. The average Bonchev–Trinajstić information content (AvgIpc) is 2.63. The number of aromatic amines is 2. The van der Waals surface area contributed by atoms with Gasteiger partial charge in [0.25, 0.3) is 5.56 Å². The lowest BCUT2D eigenvalue weighted by Gasteiger charge is -2.01. The second kappa shape index (κ2) is 4.11. The van der Waals surface area contributed by atoms with Crippen LogP contribution in [0.25, 0.3) is 11.3 Å². The Labute approximate surface area is 95.2 Å². The number of rotatable bonds is 2. The normalized spacial score (nSPS) is 10.7. The number of nitrogens with one attached hydrogen (secondary N) is 2. The van der Waals surface area contributed by atoms with Gasteiger partial charge in [0.05, 0.1) is 16.3 Å². The molecule has 0 atom stereocenters. The van der Waals surface area contributed by atoms with E-state index in [-0.39, 0.29) is 17.1 Å². The Kier molecular flexibility index (Phi) is 2.80. The van der Waals surface area contributed by atoms with Crippen molar-refractivity contribution < 1.29 is 4.39 Å². The number of nitrogens with two attached hydrogens (primary N) is 1. The van der Waals surface area contributed by atoms with Crippen molar-refractivity contribution >= 4 is 11.6 Å². The van der Waals surface area contributed by atoms with Crippen LogP contribution in [0.4, 0.5) is 4.39 Å². The Balaban J connectivity index is 2.58. The highest BCUT2D eigenvalue weighted by molar-refractivity contribution is 6.31. The van der Waals surface area contributed by atoms with Gasteiger partial charge in [-0.25, -0.2) is 4.39 Å². The van der Waals surface area contributed by atoms with E-state index in [9.17, 15) is 9.18 Å². The predicted molar refractivity (Wildman–Crippen MR) is 59.7 cm³/mol. The highest BCUT2D eigenvalue weighted by Crippen LogP contribution is 2.24. The minimum atomic E-state index is -0.502. The summed E-state index contributed by atoms with van der Waals surface area (Å²) < 4.78 is 13.0. The Hall–Kier alpha value is -1.59. The molecule has 2 rings (SSSR count). The first-order valence-corrected chi connectivity index (χ1v) is 4.96. The van der Waals surface area contributed by atoms with Gasteiger partial charge < -0.3 is 5.73 Å². The van der Waals surface area contributed by atoms with Crippen LogP contribution in [0.3, 0.4) is 0 Å². The fourth-order valence-corrected chi connectivity index (χ4v) is 1.66. The Bertz CT molecular complexity index is 576. The largest absolute Gasteiger partial charge is 0.326 e. The average molecular weight is 242 g/mol. The first-order valence-electron chi connectivity index (χ1n) is 4.58. The molecule has 1 aromatic heterocycles. The fraction of sp³-hybridized carbons (Fsp3) is 0.100. The van der Waals surface area contributed by atoms with Gasteiger partial charge in [0.2, 0.25) is 0 Å². The van der Waals surface area contributed by atoms with Gasteiger partial charge in [0, 0.05) is 12.1 Å². The van der Waals surface area contributed by atoms with Crippen molar-refractivity contribution in [3.63, 3.8) is 0 Å². The molecular formula is C10H9ClFN3O.